The summed E-state index contributed by atoms with van der Waals surface area (Å²) in [5.74, 6) is -0.278. The Morgan fingerprint density at radius 1 is 1.38 bits per heavy atom. The number of ether oxygens (including phenoxy) is 1. The molecule has 1 aromatic carbocycles. The van der Waals surface area contributed by atoms with E-state index in [1.807, 2.05) is 6.92 Å². The van der Waals surface area contributed by atoms with Crippen molar-refractivity contribution in [2.24, 2.45) is 5.73 Å². The van der Waals surface area contributed by atoms with Crippen LogP contribution in [0.15, 0.2) is 29.2 Å². The second-order valence-corrected chi connectivity index (χ2v) is 7.60. The Hall–Kier alpha value is -1.48. The van der Waals surface area contributed by atoms with Gasteiger partial charge in [0.2, 0.25) is 10.0 Å². The zero-order chi connectivity index (χ0) is 17.6. The molecule has 134 valence electrons. The fourth-order valence-corrected chi connectivity index (χ4v) is 3.62. The highest BCUT2D eigenvalue weighted by Crippen LogP contribution is 2.21. The van der Waals surface area contributed by atoms with Gasteiger partial charge in [0.05, 0.1) is 11.0 Å². The normalized spacial score (nSPS) is 20.9. The molecular weight excluding hydrogens is 330 g/mol. The molecule has 0 saturated carbocycles. The number of rotatable bonds is 8. The maximum atomic E-state index is 12.2. The molecule has 0 bridgehead atoms. The van der Waals surface area contributed by atoms with E-state index in [4.69, 9.17) is 10.5 Å². The van der Waals surface area contributed by atoms with Crippen LogP contribution in [0.1, 0.15) is 32.6 Å². The summed E-state index contributed by atoms with van der Waals surface area (Å²) in [6.07, 6.45) is 2.42. The molecule has 0 spiro atoms. The molecule has 1 heterocycles. The van der Waals surface area contributed by atoms with Gasteiger partial charge in [-0.2, -0.15) is 0 Å². The van der Waals surface area contributed by atoms with Gasteiger partial charge in [-0.05, 0) is 37.5 Å². The van der Waals surface area contributed by atoms with Crippen LogP contribution in [0.5, 0.6) is 0 Å². The molecule has 0 radical (unpaired) electrons. The highest BCUT2D eigenvalue weighted by Gasteiger charge is 2.30. The van der Waals surface area contributed by atoms with Crippen molar-refractivity contribution in [3.05, 3.63) is 24.3 Å². The average molecular weight is 355 g/mol. The van der Waals surface area contributed by atoms with E-state index < -0.39 is 16.1 Å². The van der Waals surface area contributed by atoms with Gasteiger partial charge in [-0.1, -0.05) is 19.4 Å². The minimum atomic E-state index is -3.57. The van der Waals surface area contributed by atoms with Crippen LogP contribution in [0.25, 0.3) is 0 Å². The summed E-state index contributed by atoms with van der Waals surface area (Å²) in [4.78, 5) is 12.3. The summed E-state index contributed by atoms with van der Waals surface area (Å²) in [7, 11) is -3.57. The lowest BCUT2D eigenvalue weighted by Crippen LogP contribution is -2.30. The van der Waals surface area contributed by atoms with E-state index in [1.54, 1.807) is 12.1 Å². The molecule has 24 heavy (non-hydrogen) atoms. The van der Waals surface area contributed by atoms with E-state index in [0.29, 0.717) is 25.2 Å². The quantitative estimate of drug-likeness (QED) is 0.607. The summed E-state index contributed by atoms with van der Waals surface area (Å²) in [6, 6.07) is 6.20. The largest absolute Gasteiger partial charge is 0.364 e. The Kier molecular flexibility index (Phi) is 6.73. The predicted octanol–water partition coefficient (Wildman–Crippen LogP) is 1.21. The summed E-state index contributed by atoms with van der Waals surface area (Å²) in [5, 5.41) is 2.71. The van der Waals surface area contributed by atoms with Gasteiger partial charge in [0, 0.05) is 18.8 Å². The smallest absolute Gasteiger partial charge is 0.253 e. The molecule has 1 aliphatic rings. The first kappa shape index (κ1) is 18.9. The third-order valence-corrected chi connectivity index (χ3v) is 5.36. The first-order valence-corrected chi connectivity index (χ1v) is 9.70. The molecule has 2 rings (SSSR count). The first-order valence-electron chi connectivity index (χ1n) is 8.22. The first-order chi connectivity index (χ1) is 11.5. The highest BCUT2D eigenvalue weighted by atomic mass is 32.2. The second-order valence-electron chi connectivity index (χ2n) is 5.83. The van der Waals surface area contributed by atoms with Crippen LogP contribution in [-0.2, 0) is 19.6 Å². The number of anilines is 1. The molecular formula is C16H25N3O4S. The van der Waals surface area contributed by atoms with Crippen LogP contribution in [-0.4, -0.2) is 39.6 Å². The Balaban J connectivity index is 2.01. The van der Waals surface area contributed by atoms with Crippen LogP contribution in [0.3, 0.4) is 0 Å². The lowest BCUT2D eigenvalue weighted by molar-refractivity contribution is -0.126. The Morgan fingerprint density at radius 3 is 2.83 bits per heavy atom. The Bertz CT molecular complexity index is 663. The molecule has 4 N–H and O–H groups in total. The van der Waals surface area contributed by atoms with E-state index >= 15 is 0 Å². The van der Waals surface area contributed by atoms with Crippen LogP contribution in [0.2, 0.25) is 0 Å². The molecule has 7 nitrogen and oxygen atoms in total. The van der Waals surface area contributed by atoms with Crippen LogP contribution in [0, 0.1) is 0 Å². The monoisotopic (exact) mass is 355 g/mol. The zero-order valence-electron chi connectivity index (χ0n) is 13.8. The fraction of sp³-hybridized carbons (Fsp3) is 0.562. The van der Waals surface area contributed by atoms with Crippen molar-refractivity contribution in [1.82, 2.24) is 4.72 Å². The summed E-state index contributed by atoms with van der Waals surface area (Å²) in [5.41, 5.74) is 5.96. The zero-order valence-corrected chi connectivity index (χ0v) is 14.6. The topological polar surface area (TPSA) is 111 Å². The molecule has 0 unspecified atom stereocenters. The molecule has 1 amide bonds. The van der Waals surface area contributed by atoms with Gasteiger partial charge >= 0.3 is 0 Å². The molecule has 1 fully saturated rings. The van der Waals surface area contributed by atoms with Crippen molar-refractivity contribution >= 4 is 21.6 Å². The maximum Gasteiger partial charge on any atom is 0.253 e. The summed E-state index contributed by atoms with van der Waals surface area (Å²) < 4.78 is 32.5. The minimum absolute atomic E-state index is 0.0878. The number of nitrogens with two attached hydrogens (primary N) is 1. The number of amides is 1. The standard InChI is InChI=1S/C16H25N3O4S/c1-2-3-9-18-24(21,22)14-6-4-5-12(10-14)19-16(20)15-8-7-13(11-17)23-15/h4-6,10,13,15,18H,2-3,7-9,11,17H2,1H3,(H,19,20)/t13-,15+/m1/s1. The maximum absolute atomic E-state index is 12.2. The Morgan fingerprint density at radius 2 is 2.17 bits per heavy atom. The molecule has 2 atom stereocenters. The number of unbranched alkanes of at least 4 members (excludes halogenated alkanes) is 1. The number of hydrogen-bond donors (Lipinski definition) is 3. The van der Waals surface area contributed by atoms with E-state index in [9.17, 15) is 13.2 Å². The van der Waals surface area contributed by atoms with Gasteiger partial charge in [-0.25, -0.2) is 13.1 Å². The second kappa shape index (κ2) is 8.57. The number of sulfonamides is 1. The van der Waals surface area contributed by atoms with Gasteiger partial charge in [0.1, 0.15) is 6.10 Å². The molecule has 1 saturated heterocycles. The number of carbonyl (C=O) groups is 1. The van der Waals surface area contributed by atoms with E-state index in [0.717, 1.165) is 19.3 Å². The SMILES string of the molecule is CCCCNS(=O)(=O)c1cccc(NC(=O)[C@@H]2CC[C@H](CN)O2)c1. The molecule has 0 aliphatic carbocycles. The predicted molar refractivity (Wildman–Crippen MR) is 92.1 cm³/mol. The number of benzene rings is 1. The highest BCUT2D eigenvalue weighted by molar-refractivity contribution is 7.89. The number of nitrogens with one attached hydrogen (secondary N) is 2. The van der Waals surface area contributed by atoms with E-state index in [-0.39, 0.29) is 16.9 Å². The van der Waals surface area contributed by atoms with Gasteiger partial charge in [-0.3, -0.25) is 4.79 Å². The van der Waals surface area contributed by atoms with Gasteiger partial charge in [0.25, 0.3) is 5.91 Å². The van der Waals surface area contributed by atoms with Gasteiger partial charge in [-0.15, -0.1) is 0 Å². The van der Waals surface area contributed by atoms with Gasteiger partial charge in [0.15, 0.2) is 0 Å². The molecule has 8 heteroatoms. The summed E-state index contributed by atoms with van der Waals surface area (Å²) >= 11 is 0. The minimum Gasteiger partial charge on any atom is -0.364 e. The van der Waals surface area contributed by atoms with Crippen molar-refractivity contribution in [3.8, 4) is 0 Å². The number of hydrogen-bond acceptors (Lipinski definition) is 5. The Labute approximate surface area is 143 Å². The van der Waals surface area contributed by atoms with E-state index in [2.05, 4.69) is 10.0 Å². The van der Waals surface area contributed by atoms with Crippen LogP contribution >= 0.6 is 0 Å². The lowest BCUT2D eigenvalue weighted by Gasteiger charge is -2.13. The average Bonchev–Trinajstić information content (AvgIpc) is 3.04. The third-order valence-electron chi connectivity index (χ3n) is 3.90. The number of carbonyl (C=O) groups excluding carboxylic acids is 1. The lowest BCUT2D eigenvalue weighted by atomic mass is 10.2. The van der Waals surface area contributed by atoms with Crippen molar-refractivity contribution in [3.63, 3.8) is 0 Å². The van der Waals surface area contributed by atoms with Crippen molar-refractivity contribution < 1.29 is 17.9 Å². The fourth-order valence-electron chi connectivity index (χ4n) is 2.50. The van der Waals surface area contributed by atoms with Crippen LogP contribution < -0.4 is 15.8 Å². The van der Waals surface area contributed by atoms with Crippen molar-refractivity contribution in [1.29, 1.82) is 0 Å². The third kappa shape index (κ3) is 5.01. The van der Waals surface area contributed by atoms with E-state index in [1.165, 1.54) is 12.1 Å². The van der Waals surface area contributed by atoms with Gasteiger partial charge < -0.3 is 15.8 Å². The van der Waals surface area contributed by atoms with Crippen molar-refractivity contribution in [2.45, 2.75) is 49.7 Å². The molecule has 1 aromatic rings. The molecule has 1 aliphatic heterocycles. The van der Waals surface area contributed by atoms with Crippen molar-refractivity contribution in [2.75, 3.05) is 18.4 Å². The van der Waals surface area contributed by atoms with Crippen LogP contribution in [0.4, 0.5) is 5.69 Å². The molecule has 0 aromatic heterocycles. The summed E-state index contributed by atoms with van der Waals surface area (Å²) in [6.45, 7) is 2.78.